The summed E-state index contributed by atoms with van der Waals surface area (Å²) >= 11 is 0. The maximum absolute atomic E-state index is 6.61. The van der Waals surface area contributed by atoms with Crippen molar-refractivity contribution in [3.05, 3.63) is 60.1 Å². The maximum Gasteiger partial charge on any atom is 0.318 e. The molecule has 0 aliphatic carbocycles. The number of aryl methyl sites for hydroxylation is 1. The average molecular weight is 552 g/mol. The molecule has 0 amide bonds. The van der Waals surface area contributed by atoms with Gasteiger partial charge in [0.25, 0.3) is 0 Å². The van der Waals surface area contributed by atoms with Gasteiger partial charge in [0.05, 0.1) is 17.8 Å². The largest absolute Gasteiger partial charge is 0.461 e. The number of ether oxygens (including phenoxy) is 1. The number of aromatic nitrogens is 2. The van der Waals surface area contributed by atoms with Gasteiger partial charge in [0.2, 0.25) is 0 Å². The van der Waals surface area contributed by atoms with Gasteiger partial charge in [-0.05, 0) is 81.9 Å². The summed E-state index contributed by atoms with van der Waals surface area (Å²) in [5, 5.41) is 6.50. The van der Waals surface area contributed by atoms with Gasteiger partial charge in [0.15, 0.2) is 0 Å². The molecule has 7 nitrogen and oxygen atoms in total. The summed E-state index contributed by atoms with van der Waals surface area (Å²) in [4.78, 5) is 18.0. The molecule has 2 aromatic carbocycles. The molecule has 0 unspecified atom stereocenters. The third-order valence-electron chi connectivity index (χ3n) is 10.7. The minimum atomic E-state index is 0.103. The topological polar surface area (TPSA) is 56.8 Å². The second kappa shape index (κ2) is 10.1. The van der Waals surface area contributed by atoms with Crippen LogP contribution < -0.4 is 19.9 Å². The van der Waals surface area contributed by atoms with Crippen LogP contribution in [0.4, 0.5) is 11.5 Å². The van der Waals surface area contributed by atoms with Crippen molar-refractivity contribution in [2.75, 3.05) is 42.6 Å². The van der Waals surface area contributed by atoms with E-state index in [2.05, 4.69) is 70.3 Å². The molecular formula is C34H43N6O. The Kier molecular flexibility index (Phi) is 6.37. The number of anilines is 2. The molecule has 4 saturated heterocycles. The van der Waals surface area contributed by atoms with Crippen LogP contribution >= 0.6 is 0 Å². The Hall–Kier alpha value is -2.90. The zero-order chi connectivity index (χ0) is 27.6. The molecule has 1 radical (unpaired) electrons. The van der Waals surface area contributed by atoms with Crippen molar-refractivity contribution in [3.63, 3.8) is 0 Å². The third-order valence-corrected chi connectivity index (χ3v) is 10.7. The lowest BCUT2D eigenvalue weighted by atomic mass is 9.95. The van der Waals surface area contributed by atoms with E-state index in [1.165, 1.54) is 53.3 Å². The second-order valence-corrected chi connectivity index (χ2v) is 13.1. The average Bonchev–Trinajstić information content (AvgIpc) is 3.68. The highest BCUT2D eigenvalue weighted by Gasteiger charge is 2.48. The first kappa shape index (κ1) is 25.8. The summed E-state index contributed by atoms with van der Waals surface area (Å²) in [5.74, 6) is 1.12. The van der Waals surface area contributed by atoms with Crippen molar-refractivity contribution >= 4 is 22.3 Å². The molecule has 6 heterocycles. The van der Waals surface area contributed by atoms with Crippen LogP contribution in [-0.2, 0) is 19.4 Å². The molecular weight excluding hydrogens is 508 g/mol. The van der Waals surface area contributed by atoms with Crippen LogP contribution in [0.25, 0.3) is 10.8 Å². The van der Waals surface area contributed by atoms with Crippen LogP contribution in [0, 0.1) is 6.92 Å². The molecule has 5 aliphatic rings. The van der Waals surface area contributed by atoms with Gasteiger partial charge in [-0.25, -0.2) is 0 Å². The zero-order valence-electron chi connectivity index (χ0n) is 24.4. The quantitative estimate of drug-likeness (QED) is 0.468. The fourth-order valence-corrected chi connectivity index (χ4v) is 8.66. The van der Waals surface area contributed by atoms with Gasteiger partial charge in [-0.3, -0.25) is 4.90 Å². The molecule has 0 saturated carbocycles. The molecule has 7 heteroatoms. The monoisotopic (exact) mass is 551 g/mol. The normalized spacial score (nSPS) is 29.3. The highest BCUT2D eigenvalue weighted by molar-refractivity contribution is 5.97. The molecule has 1 N–H and O–H groups in total. The Balaban J connectivity index is 1.14. The van der Waals surface area contributed by atoms with E-state index in [1.54, 1.807) is 0 Å². The van der Waals surface area contributed by atoms with Gasteiger partial charge < -0.3 is 19.9 Å². The molecule has 215 valence electrons. The van der Waals surface area contributed by atoms with E-state index in [1.807, 2.05) is 0 Å². The zero-order valence-corrected chi connectivity index (χ0v) is 24.4. The molecule has 41 heavy (non-hydrogen) atoms. The van der Waals surface area contributed by atoms with Crippen LogP contribution in [0.5, 0.6) is 6.01 Å². The predicted octanol–water partition coefficient (Wildman–Crippen LogP) is 4.91. The Morgan fingerprint density at radius 2 is 1.83 bits per heavy atom. The number of nitrogens with zero attached hydrogens (tertiary/aromatic N) is 5. The molecule has 4 fully saturated rings. The molecule has 3 aromatic rings. The fourth-order valence-electron chi connectivity index (χ4n) is 8.66. The van der Waals surface area contributed by atoms with Crippen molar-refractivity contribution in [2.45, 2.75) is 88.5 Å². The third kappa shape index (κ3) is 4.38. The minimum absolute atomic E-state index is 0.103. The molecule has 0 spiro atoms. The first-order chi connectivity index (χ1) is 20.1. The van der Waals surface area contributed by atoms with Gasteiger partial charge in [0, 0.05) is 54.4 Å². The number of fused-ring (bicyclic) bond motifs is 5. The van der Waals surface area contributed by atoms with E-state index in [0.717, 1.165) is 69.9 Å². The van der Waals surface area contributed by atoms with E-state index in [0.29, 0.717) is 30.7 Å². The van der Waals surface area contributed by atoms with Crippen LogP contribution in [0.3, 0.4) is 0 Å². The summed E-state index contributed by atoms with van der Waals surface area (Å²) in [7, 11) is 0. The van der Waals surface area contributed by atoms with Gasteiger partial charge in [-0.2, -0.15) is 9.97 Å². The van der Waals surface area contributed by atoms with E-state index in [4.69, 9.17) is 14.7 Å². The van der Waals surface area contributed by atoms with Crippen molar-refractivity contribution in [2.24, 2.45) is 0 Å². The lowest BCUT2D eigenvalue weighted by molar-refractivity contribution is 0.0937. The van der Waals surface area contributed by atoms with E-state index >= 15 is 0 Å². The van der Waals surface area contributed by atoms with E-state index in [-0.39, 0.29) is 5.54 Å². The summed E-state index contributed by atoms with van der Waals surface area (Å²) in [6.45, 7) is 12.3. The summed E-state index contributed by atoms with van der Waals surface area (Å²) in [5.41, 5.74) is 5.29. The van der Waals surface area contributed by atoms with Crippen molar-refractivity contribution < 1.29 is 4.74 Å². The van der Waals surface area contributed by atoms with Gasteiger partial charge in [0.1, 0.15) is 12.4 Å². The first-order valence-electron chi connectivity index (χ1n) is 16.0. The molecule has 1 aromatic heterocycles. The number of rotatable bonds is 6. The van der Waals surface area contributed by atoms with Gasteiger partial charge >= 0.3 is 6.01 Å². The number of benzene rings is 2. The lowest BCUT2D eigenvalue weighted by Crippen LogP contribution is -2.52. The highest BCUT2D eigenvalue weighted by Crippen LogP contribution is 2.43. The van der Waals surface area contributed by atoms with Gasteiger partial charge in [-0.1, -0.05) is 37.3 Å². The van der Waals surface area contributed by atoms with Crippen molar-refractivity contribution in [1.82, 2.24) is 20.2 Å². The van der Waals surface area contributed by atoms with E-state index in [9.17, 15) is 0 Å². The van der Waals surface area contributed by atoms with Crippen molar-refractivity contribution in [3.8, 4) is 6.01 Å². The Labute approximate surface area is 244 Å². The van der Waals surface area contributed by atoms with E-state index < -0.39 is 0 Å². The Morgan fingerprint density at radius 1 is 1.00 bits per heavy atom. The molecule has 5 aliphatic heterocycles. The maximum atomic E-state index is 6.61. The first-order valence-corrected chi connectivity index (χ1v) is 16.0. The molecule has 4 atom stereocenters. The lowest BCUT2D eigenvalue weighted by Gasteiger charge is -2.38. The number of piperazine rings is 1. The predicted molar refractivity (Wildman–Crippen MR) is 165 cm³/mol. The number of hydrogen-bond donors (Lipinski definition) is 1. The fraction of sp³-hybridized carbons (Fsp3) is 0.559. The molecule has 8 rings (SSSR count). The second-order valence-electron chi connectivity index (χ2n) is 13.1. The summed E-state index contributed by atoms with van der Waals surface area (Å²) in [6.07, 6.45) is 9.24. The van der Waals surface area contributed by atoms with Crippen LogP contribution in [0.2, 0.25) is 0 Å². The van der Waals surface area contributed by atoms with Gasteiger partial charge in [-0.15, -0.1) is 0 Å². The summed E-state index contributed by atoms with van der Waals surface area (Å²) in [6, 6.07) is 15.5. The minimum Gasteiger partial charge on any atom is -0.461 e. The van der Waals surface area contributed by atoms with Crippen LogP contribution in [-0.4, -0.2) is 71.3 Å². The molecule has 2 bridgehead atoms. The standard InChI is InChI=1S/C34H43N6O/c1-3-24-7-4-8-25-9-5-10-30(31(24)25)38-18-14-28-29(21-38)36-33(37-32(28)39-19-26-11-12-27(20-39)35-26)41-22-34-15-6-17-40(34)23(2)13-16-34/h4-5,7-10,23,26-27,35H,2-3,6,11-22H2,1H3/t23-,26-,27+,34-/m1/s1. The number of hydrogen-bond acceptors (Lipinski definition) is 7. The number of nitrogens with one attached hydrogen (secondary N) is 1. The Morgan fingerprint density at radius 3 is 2.66 bits per heavy atom. The summed E-state index contributed by atoms with van der Waals surface area (Å²) < 4.78 is 6.61. The Bertz CT molecular complexity index is 1440. The SMILES string of the molecule is [CH2][C@@H]1CC[C@@]2(COc3nc4c(c(N5C[C@H]6CC[C@@H](C5)N6)n3)CCN(c3cccc5cccc(CC)c35)C4)CCCN12. The highest BCUT2D eigenvalue weighted by atomic mass is 16.5. The van der Waals surface area contributed by atoms with Crippen LogP contribution in [0.15, 0.2) is 36.4 Å². The van der Waals surface area contributed by atoms with Crippen molar-refractivity contribution in [1.29, 1.82) is 0 Å². The smallest absolute Gasteiger partial charge is 0.318 e. The van der Waals surface area contributed by atoms with Crippen LogP contribution in [0.1, 0.15) is 62.3 Å².